The van der Waals surface area contributed by atoms with Gasteiger partial charge in [0.15, 0.2) is 9.84 Å². The number of rotatable bonds is 19. The van der Waals surface area contributed by atoms with Crippen molar-refractivity contribution in [3.63, 3.8) is 0 Å². The van der Waals surface area contributed by atoms with Gasteiger partial charge in [0, 0.05) is 17.8 Å². The van der Waals surface area contributed by atoms with Crippen LogP contribution in [0.4, 0.5) is 19.3 Å². The van der Waals surface area contributed by atoms with Crippen molar-refractivity contribution in [3.05, 3.63) is 101 Å². The average Bonchev–Trinajstić information content (AvgIpc) is 3.05. The van der Waals surface area contributed by atoms with Crippen LogP contribution in [-0.2, 0) is 43.6 Å². The van der Waals surface area contributed by atoms with Gasteiger partial charge in [-0.3, -0.25) is 0 Å². The first-order valence-electron chi connectivity index (χ1n) is 16.4. The molecule has 3 aromatic carbocycles. The van der Waals surface area contributed by atoms with E-state index < -0.39 is 62.7 Å². The van der Waals surface area contributed by atoms with E-state index in [0.29, 0.717) is 31.2 Å². The Kier molecular flexibility index (Phi) is 15.3. The van der Waals surface area contributed by atoms with Gasteiger partial charge in [0.2, 0.25) is 0 Å². The predicted molar refractivity (Wildman–Crippen MR) is 183 cm³/mol. The zero-order valence-electron chi connectivity index (χ0n) is 27.8. The highest BCUT2D eigenvalue weighted by atomic mass is 32.2. The molecular formula is C36H47F2N3O6S. The first-order chi connectivity index (χ1) is 22.9. The molecule has 0 saturated carbocycles. The standard InChI is InChI=1S/C36H47F2N3O6S/c1-4-11-31(12-5-2)48(44,45)24-33(41-36(43)46-23-26-13-8-7-9-14-26)35(42)47-34(22-40-30-16-10-15-25(6-3)19-30)32(39)20-27-17-28(37)21-29(38)18-27/h7-10,13-19,21,31-34,40H,4-6,11-12,20,22-24,39H2,1-3H3,(H,41,43)/t32-,33-,34+/m0/s1. The van der Waals surface area contributed by atoms with Crippen molar-refractivity contribution < 1.29 is 36.3 Å². The Bertz CT molecular complexity index is 1550. The van der Waals surface area contributed by atoms with E-state index >= 15 is 0 Å². The van der Waals surface area contributed by atoms with Crippen molar-refractivity contribution in [1.82, 2.24) is 5.32 Å². The summed E-state index contributed by atoms with van der Waals surface area (Å²) in [6.45, 7) is 5.65. The van der Waals surface area contributed by atoms with Crippen molar-refractivity contribution in [3.8, 4) is 0 Å². The van der Waals surface area contributed by atoms with E-state index in [1.165, 1.54) is 0 Å². The molecule has 3 rings (SSSR count). The predicted octanol–water partition coefficient (Wildman–Crippen LogP) is 6.10. The number of carbonyl (C=O) groups excluding carboxylic acids is 2. The van der Waals surface area contributed by atoms with Crippen molar-refractivity contribution in [2.24, 2.45) is 5.73 Å². The fraction of sp³-hybridized carbons (Fsp3) is 0.444. The molecule has 262 valence electrons. The SMILES string of the molecule is CCCC(CCC)S(=O)(=O)C[C@H](NC(=O)OCc1ccccc1)C(=O)O[C@H](CNc1cccc(CC)c1)[C@@H](N)Cc1cc(F)cc(F)c1. The number of hydrogen-bond acceptors (Lipinski definition) is 8. The minimum absolute atomic E-state index is 0.00983. The van der Waals surface area contributed by atoms with Crippen LogP contribution < -0.4 is 16.4 Å². The van der Waals surface area contributed by atoms with E-state index in [1.54, 1.807) is 24.3 Å². The van der Waals surface area contributed by atoms with E-state index in [2.05, 4.69) is 10.6 Å². The lowest BCUT2D eigenvalue weighted by molar-refractivity contribution is -0.151. The molecule has 12 heteroatoms. The smallest absolute Gasteiger partial charge is 0.408 e. The molecule has 0 spiro atoms. The Labute approximate surface area is 282 Å². The third-order valence-electron chi connectivity index (χ3n) is 7.90. The maximum absolute atomic E-state index is 14.0. The van der Waals surface area contributed by atoms with Crippen LogP contribution in [0, 0.1) is 11.6 Å². The van der Waals surface area contributed by atoms with Gasteiger partial charge in [-0.2, -0.15) is 0 Å². The molecular weight excluding hydrogens is 640 g/mol. The Hall–Kier alpha value is -4.03. The van der Waals surface area contributed by atoms with Gasteiger partial charge in [-0.1, -0.05) is 76.1 Å². The molecule has 0 radical (unpaired) electrons. The highest BCUT2D eigenvalue weighted by Gasteiger charge is 2.35. The van der Waals surface area contributed by atoms with E-state index in [1.807, 2.05) is 51.1 Å². The van der Waals surface area contributed by atoms with Crippen LogP contribution >= 0.6 is 0 Å². The number of halogens is 2. The first kappa shape index (κ1) is 38.4. The normalized spacial score (nSPS) is 13.4. The molecule has 3 atom stereocenters. The van der Waals surface area contributed by atoms with Gasteiger partial charge in [-0.05, 0) is 66.6 Å². The molecule has 4 N–H and O–H groups in total. The van der Waals surface area contributed by atoms with E-state index in [-0.39, 0.29) is 25.1 Å². The fourth-order valence-corrected chi connectivity index (χ4v) is 7.50. The maximum atomic E-state index is 14.0. The second kappa shape index (κ2) is 19.1. The number of carbonyl (C=O) groups is 2. The van der Waals surface area contributed by atoms with Gasteiger partial charge in [-0.25, -0.2) is 26.8 Å². The number of hydrogen-bond donors (Lipinski definition) is 3. The molecule has 3 aromatic rings. The molecule has 0 bridgehead atoms. The van der Waals surface area contributed by atoms with Gasteiger partial charge in [0.25, 0.3) is 0 Å². The lowest BCUT2D eigenvalue weighted by atomic mass is 10.0. The van der Waals surface area contributed by atoms with Crippen LogP contribution in [0.15, 0.2) is 72.8 Å². The van der Waals surface area contributed by atoms with Crippen molar-refractivity contribution in [2.75, 3.05) is 17.6 Å². The quantitative estimate of drug-likeness (QED) is 0.129. The molecule has 0 unspecified atom stereocenters. The van der Waals surface area contributed by atoms with Crippen molar-refractivity contribution in [1.29, 1.82) is 0 Å². The lowest BCUT2D eigenvalue weighted by Gasteiger charge is -2.28. The first-order valence-corrected chi connectivity index (χ1v) is 18.1. The number of esters is 1. The van der Waals surface area contributed by atoms with Gasteiger partial charge in [-0.15, -0.1) is 0 Å². The molecule has 0 fully saturated rings. The summed E-state index contributed by atoms with van der Waals surface area (Å²) in [6.07, 6.45) is 0.671. The van der Waals surface area contributed by atoms with E-state index in [4.69, 9.17) is 15.2 Å². The number of nitrogens with one attached hydrogen (secondary N) is 2. The van der Waals surface area contributed by atoms with Crippen LogP contribution in [0.2, 0.25) is 0 Å². The Morgan fingerprint density at radius 3 is 2.12 bits per heavy atom. The Balaban J connectivity index is 1.87. The summed E-state index contributed by atoms with van der Waals surface area (Å²) < 4.78 is 66.2. The molecule has 9 nitrogen and oxygen atoms in total. The van der Waals surface area contributed by atoms with Crippen molar-refractivity contribution in [2.45, 2.75) is 89.3 Å². The number of benzene rings is 3. The number of amides is 1. The molecule has 0 aliphatic carbocycles. The third kappa shape index (κ3) is 12.5. The Morgan fingerprint density at radius 1 is 0.854 bits per heavy atom. The molecule has 0 aromatic heterocycles. The summed E-state index contributed by atoms with van der Waals surface area (Å²) >= 11 is 0. The average molecular weight is 688 g/mol. The van der Waals surface area contributed by atoms with Gasteiger partial charge in [0.1, 0.15) is 30.4 Å². The topological polar surface area (TPSA) is 137 Å². The number of aryl methyl sites for hydroxylation is 1. The molecule has 0 aliphatic heterocycles. The molecule has 0 aliphatic rings. The van der Waals surface area contributed by atoms with Gasteiger partial charge < -0.3 is 25.8 Å². The van der Waals surface area contributed by atoms with Gasteiger partial charge in [0.05, 0.1) is 17.5 Å². The molecule has 0 heterocycles. The third-order valence-corrected chi connectivity index (χ3v) is 10.2. The second-order valence-corrected chi connectivity index (χ2v) is 14.2. The fourth-order valence-electron chi connectivity index (χ4n) is 5.36. The number of alkyl carbamates (subject to hydrolysis) is 1. The summed E-state index contributed by atoms with van der Waals surface area (Å²) in [5.74, 6) is -3.30. The van der Waals surface area contributed by atoms with Crippen LogP contribution in [0.5, 0.6) is 0 Å². The number of nitrogens with two attached hydrogens (primary N) is 1. The monoisotopic (exact) mass is 687 g/mol. The summed E-state index contributed by atoms with van der Waals surface area (Å²) in [4.78, 5) is 26.7. The second-order valence-electron chi connectivity index (χ2n) is 11.8. The van der Waals surface area contributed by atoms with Gasteiger partial charge >= 0.3 is 12.1 Å². The summed E-state index contributed by atoms with van der Waals surface area (Å²) in [7, 11) is -3.88. The highest BCUT2D eigenvalue weighted by molar-refractivity contribution is 7.92. The zero-order chi connectivity index (χ0) is 35.1. The highest BCUT2D eigenvalue weighted by Crippen LogP contribution is 2.19. The van der Waals surface area contributed by atoms with Crippen LogP contribution in [0.3, 0.4) is 0 Å². The molecule has 1 amide bonds. The summed E-state index contributed by atoms with van der Waals surface area (Å²) in [5, 5.41) is 4.89. The summed E-state index contributed by atoms with van der Waals surface area (Å²) in [5.41, 5.74) is 9.23. The number of sulfone groups is 1. The van der Waals surface area contributed by atoms with Crippen LogP contribution in [-0.4, -0.2) is 56.2 Å². The van der Waals surface area contributed by atoms with Crippen molar-refractivity contribution >= 4 is 27.6 Å². The van der Waals surface area contributed by atoms with Crippen LogP contribution in [0.25, 0.3) is 0 Å². The van der Waals surface area contributed by atoms with E-state index in [0.717, 1.165) is 35.9 Å². The molecule has 0 saturated heterocycles. The summed E-state index contributed by atoms with van der Waals surface area (Å²) in [6, 6.07) is 16.9. The minimum Gasteiger partial charge on any atom is -0.457 e. The van der Waals surface area contributed by atoms with E-state index in [9.17, 15) is 26.8 Å². The lowest BCUT2D eigenvalue weighted by Crippen LogP contribution is -2.51. The number of anilines is 1. The molecule has 48 heavy (non-hydrogen) atoms. The number of ether oxygens (including phenoxy) is 2. The maximum Gasteiger partial charge on any atom is 0.408 e. The Morgan fingerprint density at radius 2 is 1.50 bits per heavy atom. The zero-order valence-corrected chi connectivity index (χ0v) is 28.6. The van der Waals surface area contributed by atoms with Crippen LogP contribution in [0.1, 0.15) is 63.1 Å². The minimum atomic E-state index is -3.88. The largest absolute Gasteiger partial charge is 0.457 e.